The summed E-state index contributed by atoms with van der Waals surface area (Å²) in [5.74, 6) is -0.669. The fourth-order valence-electron chi connectivity index (χ4n) is 3.74. The molecule has 0 saturated carbocycles. The lowest BCUT2D eigenvalue weighted by Crippen LogP contribution is -2.38. The van der Waals surface area contributed by atoms with Gasteiger partial charge in [0.25, 0.3) is 0 Å². The molecule has 1 aromatic carbocycles. The average molecular weight is 439 g/mol. The second kappa shape index (κ2) is 8.27. The van der Waals surface area contributed by atoms with E-state index in [1.165, 1.54) is 35.2 Å². The van der Waals surface area contributed by atoms with E-state index in [0.717, 1.165) is 0 Å². The molecule has 7 nitrogen and oxygen atoms in total. The standard InChI is InChI=1S/C20H15FN6OS2/c21-12-6-4-11(5-7-12)16-13(10-23)18(24)27(14-2-1-3-15(28)17(14)16)19-25-26-20(30-19)29-9-8-22/h4-7,16H,1-3,9,24H2. The van der Waals surface area contributed by atoms with E-state index in [2.05, 4.69) is 16.3 Å². The maximum absolute atomic E-state index is 13.5. The van der Waals surface area contributed by atoms with E-state index in [1.54, 1.807) is 17.0 Å². The summed E-state index contributed by atoms with van der Waals surface area (Å²) in [5, 5.41) is 27.4. The minimum atomic E-state index is -0.644. The molecule has 2 aliphatic rings. The molecule has 1 aliphatic heterocycles. The summed E-state index contributed by atoms with van der Waals surface area (Å²) in [5.41, 5.74) is 8.49. The number of allylic oxidation sites excluding steroid dienone is 3. The van der Waals surface area contributed by atoms with Gasteiger partial charge in [-0.1, -0.05) is 35.2 Å². The predicted molar refractivity (Wildman–Crippen MR) is 111 cm³/mol. The van der Waals surface area contributed by atoms with Crippen LogP contribution in [-0.2, 0) is 4.79 Å². The molecule has 1 unspecified atom stereocenters. The van der Waals surface area contributed by atoms with Gasteiger partial charge in [-0.15, -0.1) is 10.2 Å². The van der Waals surface area contributed by atoms with Gasteiger partial charge >= 0.3 is 0 Å². The first-order chi connectivity index (χ1) is 14.5. The highest BCUT2D eigenvalue weighted by atomic mass is 32.2. The SMILES string of the molecule is N#CCSc1nnc(N2C(N)=C(C#N)C(c3ccc(F)cc3)C3=C2CCCC3=O)s1. The largest absolute Gasteiger partial charge is 0.384 e. The fraction of sp³-hybridized carbons (Fsp3) is 0.250. The molecule has 4 rings (SSSR count). The first-order valence-corrected chi connectivity index (χ1v) is 10.9. The number of ketones is 1. The minimum absolute atomic E-state index is 0.0561. The minimum Gasteiger partial charge on any atom is -0.384 e. The van der Waals surface area contributed by atoms with E-state index < -0.39 is 11.7 Å². The van der Waals surface area contributed by atoms with Crippen molar-refractivity contribution in [1.29, 1.82) is 10.5 Å². The normalized spacial score (nSPS) is 18.8. The molecule has 2 N–H and O–H groups in total. The molecule has 2 heterocycles. The molecule has 1 aromatic heterocycles. The summed E-state index contributed by atoms with van der Waals surface area (Å²) in [6.45, 7) is 0. The van der Waals surface area contributed by atoms with Crippen LogP contribution in [0.1, 0.15) is 30.7 Å². The Morgan fingerprint density at radius 1 is 1.27 bits per heavy atom. The van der Waals surface area contributed by atoms with Crippen molar-refractivity contribution in [2.24, 2.45) is 5.73 Å². The van der Waals surface area contributed by atoms with Crippen LogP contribution in [0.15, 0.2) is 51.3 Å². The Morgan fingerprint density at radius 2 is 2.03 bits per heavy atom. The molecular formula is C20H15FN6OS2. The van der Waals surface area contributed by atoms with Crippen molar-refractivity contribution >= 4 is 34.0 Å². The van der Waals surface area contributed by atoms with Gasteiger partial charge in [-0.05, 0) is 30.5 Å². The Kier molecular flexibility index (Phi) is 5.53. The van der Waals surface area contributed by atoms with Gasteiger partial charge in [-0.3, -0.25) is 9.69 Å². The monoisotopic (exact) mass is 438 g/mol. The molecule has 1 atom stereocenters. The molecule has 30 heavy (non-hydrogen) atoms. The van der Waals surface area contributed by atoms with Gasteiger partial charge in [-0.2, -0.15) is 10.5 Å². The van der Waals surface area contributed by atoms with Crippen molar-refractivity contribution in [1.82, 2.24) is 10.2 Å². The van der Waals surface area contributed by atoms with Crippen LogP contribution in [0.5, 0.6) is 0 Å². The quantitative estimate of drug-likeness (QED) is 0.719. The number of anilines is 1. The van der Waals surface area contributed by atoms with E-state index >= 15 is 0 Å². The summed E-state index contributed by atoms with van der Waals surface area (Å²) in [6, 6.07) is 9.97. The number of benzene rings is 1. The molecule has 10 heteroatoms. The number of nitriles is 2. The maximum Gasteiger partial charge on any atom is 0.219 e. The first-order valence-electron chi connectivity index (χ1n) is 9.10. The van der Waals surface area contributed by atoms with Gasteiger partial charge in [0.2, 0.25) is 5.13 Å². The summed E-state index contributed by atoms with van der Waals surface area (Å²) in [4.78, 5) is 14.6. The molecule has 0 radical (unpaired) electrons. The van der Waals surface area contributed by atoms with Crippen molar-refractivity contribution in [2.45, 2.75) is 29.5 Å². The molecule has 0 bridgehead atoms. The summed E-state index contributed by atoms with van der Waals surface area (Å²) < 4.78 is 14.1. The van der Waals surface area contributed by atoms with Crippen molar-refractivity contribution in [3.8, 4) is 12.1 Å². The predicted octanol–water partition coefficient (Wildman–Crippen LogP) is 3.60. The summed E-state index contributed by atoms with van der Waals surface area (Å²) in [7, 11) is 0. The Hall–Kier alpha value is -3.21. The average Bonchev–Trinajstić information content (AvgIpc) is 3.20. The lowest BCUT2D eigenvalue weighted by atomic mass is 9.76. The van der Waals surface area contributed by atoms with E-state index in [0.29, 0.717) is 45.6 Å². The topological polar surface area (TPSA) is 120 Å². The third kappa shape index (κ3) is 3.45. The zero-order valence-electron chi connectivity index (χ0n) is 15.6. The van der Waals surface area contributed by atoms with Crippen molar-refractivity contribution < 1.29 is 9.18 Å². The molecule has 1 aliphatic carbocycles. The van der Waals surface area contributed by atoms with Crippen LogP contribution in [0.4, 0.5) is 9.52 Å². The third-order valence-corrected chi connectivity index (χ3v) is 6.87. The zero-order valence-corrected chi connectivity index (χ0v) is 17.3. The lowest BCUT2D eigenvalue weighted by Gasteiger charge is -2.38. The van der Waals surface area contributed by atoms with Crippen LogP contribution in [0.25, 0.3) is 0 Å². The van der Waals surface area contributed by atoms with Gasteiger partial charge in [0.1, 0.15) is 11.6 Å². The van der Waals surface area contributed by atoms with Gasteiger partial charge in [0, 0.05) is 17.7 Å². The van der Waals surface area contributed by atoms with Crippen LogP contribution in [0, 0.1) is 28.5 Å². The van der Waals surface area contributed by atoms with E-state index in [4.69, 9.17) is 11.0 Å². The molecule has 0 amide bonds. The number of carbonyl (C=O) groups excluding carboxylic acids is 1. The number of nitrogens with two attached hydrogens (primary N) is 1. The van der Waals surface area contributed by atoms with Crippen LogP contribution in [0.3, 0.4) is 0 Å². The van der Waals surface area contributed by atoms with Gasteiger partial charge in [0.05, 0.1) is 29.4 Å². The Balaban J connectivity index is 1.87. The molecule has 150 valence electrons. The number of nitrogens with zero attached hydrogens (tertiary/aromatic N) is 5. The highest BCUT2D eigenvalue weighted by Crippen LogP contribution is 2.47. The number of aromatic nitrogens is 2. The van der Waals surface area contributed by atoms with Crippen LogP contribution in [-0.4, -0.2) is 21.7 Å². The van der Waals surface area contributed by atoms with Gasteiger partial charge < -0.3 is 5.73 Å². The second-order valence-electron chi connectivity index (χ2n) is 6.67. The summed E-state index contributed by atoms with van der Waals surface area (Å²) >= 11 is 2.51. The first kappa shape index (κ1) is 20.1. The lowest BCUT2D eigenvalue weighted by molar-refractivity contribution is -0.116. The van der Waals surface area contributed by atoms with Gasteiger partial charge in [0.15, 0.2) is 10.1 Å². The maximum atomic E-state index is 13.5. The Morgan fingerprint density at radius 3 is 2.73 bits per heavy atom. The van der Waals surface area contributed by atoms with Crippen LogP contribution >= 0.6 is 23.1 Å². The number of hydrogen-bond donors (Lipinski definition) is 1. The number of hydrogen-bond acceptors (Lipinski definition) is 9. The summed E-state index contributed by atoms with van der Waals surface area (Å²) in [6.07, 6.45) is 1.63. The Bertz CT molecular complexity index is 1160. The third-order valence-electron chi connectivity index (χ3n) is 4.96. The molecule has 0 fully saturated rings. The van der Waals surface area contributed by atoms with Crippen molar-refractivity contribution in [2.75, 3.05) is 10.7 Å². The van der Waals surface area contributed by atoms with Crippen LogP contribution < -0.4 is 10.6 Å². The number of halogens is 1. The Labute approximate surface area is 180 Å². The highest BCUT2D eigenvalue weighted by molar-refractivity contribution is 8.01. The van der Waals surface area contributed by atoms with E-state index in [1.807, 2.05) is 6.07 Å². The molecule has 0 spiro atoms. The second-order valence-corrected chi connectivity index (χ2v) is 8.84. The van der Waals surface area contributed by atoms with Crippen molar-refractivity contribution in [3.05, 3.63) is 58.3 Å². The molecule has 2 aromatic rings. The van der Waals surface area contributed by atoms with Crippen LogP contribution in [0.2, 0.25) is 0 Å². The molecular weight excluding hydrogens is 423 g/mol. The van der Waals surface area contributed by atoms with E-state index in [-0.39, 0.29) is 22.9 Å². The smallest absolute Gasteiger partial charge is 0.219 e. The van der Waals surface area contributed by atoms with Gasteiger partial charge in [-0.25, -0.2) is 4.39 Å². The van der Waals surface area contributed by atoms with E-state index in [9.17, 15) is 14.4 Å². The van der Waals surface area contributed by atoms with Crippen molar-refractivity contribution in [3.63, 3.8) is 0 Å². The number of carbonyl (C=O) groups is 1. The number of rotatable bonds is 4. The fourth-order valence-corrected chi connectivity index (χ4v) is 5.28. The highest BCUT2D eigenvalue weighted by Gasteiger charge is 2.41. The number of Topliss-reactive ketones (excluding diaryl/α,β-unsaturated/α-hetero) is 1. The zero-order chi connectivity index (χ0) is 21.3. The molecule has 0 saturated heterocycles. The number of thioether (sulfide) groups is 1.